The Bertz CT molecular complexity index is 333. The van der Waals surface area contributed by atoms with Crippen LogP contribution < -0.4 is 0 Å². The van der Waals surface area contributed by atoms with Gasteiger partial charge in [0.1, 0.15) is 12.0 Å². The van der Waals surface area contributed by atoms with Crippen molar-refractivity contribution in [1.29, 1.82) is 0 Å². The Labute approximate surface area is 83.8 Å². The monoisotopic (exact) mass is 218 g/mol. The first kappa shape index (κ1) is 10.1. The first-order chi connectivity index (χ1) is 6.59. The quantitative estimate of drug-likeness (QED) is 0.596. The highest BCUT2D eigenvalue weighted by molar-refractivity contribution is 7.91. The lowest BCUT2D eigenvalue weighted by atomic mass is 9.91. The van der Waals surface area contributed by atoms with Gasteiger partial charge in [0.15, 0.2) is 9.84 Å². The van der Waals surface area contributed by atoms with E-state index in [1.165, 1.54) is 6.26 Å². The molecule has 14 heavy (non-hydrogen) atoms. The lowest BCUT2D eigenvalue weighted by Gasteiger charge is -2.36. The van der Waals surface area contributed by atoms with E-state index in [1.54, 1.807) is 6.08 Å². The van der Waals surface area contributed by atoms with Crippen molar-refractivity contribution in [3.8, 4) is 0 Å². The van der Waals surface area contributed by atoms with Gasteiger partial charge in [0.25, 0.3) is 0 Å². The minimum atomic E-state index is -3.06. The minimum Gasteiger partial charge on any atom is -0.355 e. The predicted molar refractivity (Wildman–Crippen MR) is 51.6 cm³/mol. The minimum absolute atomic E-state index is 0.188. The summed E-state index contributed by atoms with van der Waals surface area (Å²) in [6.45, 7) is 0.808. The van der Waals surface area contributed by atoms with E-state index in [0.29, 0.717) is 6.61 Å². The highest BCUT2D eigenvalue weighted by Crippen LogP contribution is 2.29. The average molecular weight is 218 g/mol. The fourth-order valence-corrected chi connectivity index (χ4v) is 3.19. The van der Waals surface area contributed by atoms with Crippen molar-refractivity contribution in [3.05, 3.63) is 12.2 Å². The van der Waals surface area contributed by atoms with Crippen LogP contribution in [0.25, 0.3) is 0 Å². The van der Waals surface area contributed by atoms with Crippen molar-refractivity contribution in [1.82, 2.24) is 0 Å². The van der Waals surface area contributed by atoms with Crippen molar-refractivity contribution < 1.29 is 17.9 Å². The highest BCUT2D eigenvalue weighted by atomic mass is 32.2. The number of hydrogen-bond acceptors (Lipinski definition) is 4. The van der Waals surface area contributed by atoms with Crippen LogP contribution in [-0.4, -0.2) is 39.4 Å². The fourth-order valence-electron chi connectivity index (χ4n) is 2.01. The molecule has 1 heterocycles. The normalized spacial score (nSPS) is 37.9. The molecule has 0 spiro atoms. The predicted octanol–water partition coefficient (Wildman–Crippen LogP) is 0.349. The van der Waals surface area contributed by atoms with Crippen molar-refractivity contribution in [2.45, 2.75) is 17.8 Å². The summed E-state index contributed by atoms with van der Waals surface area (Å²) in [5, 5.41) is -0.495. The second-order valence-corrected chi connectivity index (χ2v) is 6.04. The van der Waals surface area contributed by atoms with Crippen molar-refractivity contribution in [2.24, 2.45) is 5.92 Å². The molecule has 0 N–H and O–H groups in total. The Balaban J connectivity index is 2.25. The van der Waals surface area contributed by atoms with Gasteiger partial charge in [0.2, 0.25) is 0 Å². The van der Waals surface area contributed by atoms with Crippen LogP contribution in [0, 0.1) is 5.92 Å². The average Bonchev–Trinajstić information content (AvgIpc) is 2.15. The summed E-state index contributed by atoms with van der Waals surface area (Å²) in [6, 6.07) is 0. The van der Waals surface area contributed by atoms with Crippen LogP contribution in [-0.2, 0) is 19.3 Å². The Hall–Kier alpha value is -0.390. The molecule has 5 heteroatoms. The maximum Gasteiger partial charge on any atom is 0.156 e. The van der Waals surface area contributed by atoms with Gasteiger partial charge >= 0.3 is 0 Å². The summed E-state index contributed by atoms with van der Waals surface area (Å²) in [5.74, 6) is 0.188. The number of hydrogen-bond donors (Lipinski definition) is 0. The molecule has 1 aliphatic carbocycles. The molecule has 2 aliphatic rings. The summed E-state index contributed by atoms with van der Waals surface area (Å²) in [5.41, 5.74) is 0. The third kappa shape index (κ3) is 1.85. The Morgan fingerprint density at radius 3 is 2.93 bits per heavy atom. The SMILES string of the molecule is CS(=O)(=O)[C@H]1C=CC[C@@H]2COCO[C@H]21. The van der Waals surface area contributed by atoms with Gasteiger partial charge in [-0.05, 0) is 6.42 Å². The van der Waals surface area contributed by atoms with Gasteiger partial charge in [-0.15, -0.1) is 0 Å². The molecule has 1 aliphatic heterocycles. The van der Waals surface area contributed by atoms with Crippen LogP contribution in [0.1, 0.15) is 6.42 Å². The zero-order chi connectivity index (χ0) is 10.2. The van der Waals surface area contributed by atoms with E-state index in [4.69, 9.17) is 9.47 Å². The summed E-state index contributed by atoms with van der Waals surface area (Å²) in [6.07, 6.45) is 5.52. The molecule has 4 nitrogen and oxygen atoms in total. The van der Waals surface area contributed by atoms with Gasteiger partial charge in [-0.3, -0.25) is 0 Å². The first-order valence-electron chi connectivity index (χ1n) is 4.64. The molecule has 1 fully saturated rings. The molecular formula is C9H14O4S. The van der Waals surface area contributed by atoms with Crippen LogP contribution in [0.15, 0.2) is 12.2 Å². The third-order valence-corrected chi connectivity index (χ3v) is 4.14. The van der Waals surface area contributed by atoms with Gasteiger partial charge in [0.05, 0.1) is 12.7 Å². The molecule has 0 unspecified atom stereocenters. The summed E-state index contributed by atoms with van der Waals surface area (Å²) < 4.78 is 33.5. The van der Waals surface area contributed by atoms with Gasteiger partial charge < -0.3 is 9.47 Å². The van der Waals surface area contributed by atoms with Gasteiger partial charge in [-0.1, -0.05) is 12.2 Å². The molecule has 0 aromatic carbocycles. The molecule has 0 radical (unpaired) electrons. The van der Waals surface area contributed by atoms with Crippen LogP contribution >= 0.6 is 0 Å². The van der Waals surface area contributed by atoms with Gasteiger partial charge in [-0.25, -0.2) is 8.42 Å². The molecule has 0 aromatic rings. The number of allylic oxidation sites excluding steroid dienone is 1. The molecule has 80 valence electrons. The summed E-state index contributed by atoms with van der Waals surface area (Å²) in [4.78, 5) is 0. The zero-order valence-electron chi connectivity index (χ0n) is 8.05. The lowest BCUT2D eigenvalue weighted by molar-refractivity contribution is -0.168. The largest absolute Gasteiger partial charge is 0.355 e. The Morgan fingerprint density at radius 2 is 2.21 bits per heavy atom. The van der Waals surface area contributed by atoms with E-state index in [1.807, 2.05) is 6.08 Å². The second kappa shape index (κ2) is 3.64. The molecule has 0 bridgehead atoms. The summed E-state index contributed by atoms with van der Waals surface area (Å²) in [7, 11) is -3.06. The molecule has 0 saturated carbocycles. The van der Waals surface area contributed by atoms with Crippen LogP contribution in [0.5, 0.6) is 0 Å². The molecule has 0 amide bonds. The first-order valence-corrected chi connectivity index (χ1v) is 6.59. The molecule has 2 rings (SSSR count). The molecule has 3 atom stereocenters. The summed E-state index contributed by atoms with van der Waals surface area (Å²) >= 11 is 0. The number of sulfone groups is 1. The highest BCUT2D eigenvalue weighted by Gasteiger charge is 2.39. The third-order valence-electron chi connectivity index (χ3n) is 2.72. The molecular weight excluding hydrogens is 204 g/mol. The van der Waals surface area contributed by atoms with E-state index in [0.717, 1.165) is 6.42 Å². The van der Waals surface area contributed by atoms with Crippen molar-refractivity contribution in [2.75, 3.05) is 19.7 Å². The standard InChI is InChI=1S/C9H14O4S/c1-14(10,11)8-4-2-3-7-5-12-6-13-9(7)8/h2,4,7-9H,3,5-6H2,1H3/t7-,8+,9-/m1/s1. The van der Waals surface area contributed by atoms with Gasteiger partial charge in [-0.2, -0.15) is 0 Å². The smallest absolute Gasteiger partial charge is 0.156 e. The number of rotatable bonds is 1. The van der Waals surface area contributed by atoms with Crippen molar-refractivity contribution in [3.63, 3.8) is 0 Å². The Kier molecular flexibility index (Phi) is 2.64. The molecule has 0 aromatic heterocycles. The maximum atomic E-state index is 11.5. The zero-order valence-corrected chi connectivity index (χ0v) is 8.87. The fraction of sp³-hybridized carbons (Fsp3) is 0.778. The van der Waals surface area contributed by atoms with E-state index in [2.05, 4.69) is 0 Å². The van der Waals surface area contributed by atoms with E-state index < -0.39 is 15.1 Å². The van der Waals surface area contributed by atoms with E-state index >= 15 is 0 Å². The topological polar surface area (TPSA) is 52.6 Å². The van der Waals surface area contributed by atoms with Crippen LogP contribution in [0.2, 0.25) is 0 Å². The van der Waals surface area contributed by atoms with Gasteiger partial charge in [0, 0.05) is 12.2 Å². The second-order valence-electron chi connectivity index (χ2n) is 3.84. The maximum absolute atomic E-state index is 11.5. The molecule has 1 saturated heterocycles. The van der Waals surface area contributed by atoms with E-state index in [-0.39, 0.29) is 18.8 Å². The van der Waals surface area contributed by atoms with Crippen LogP contribution in [0.4, 0.5) is 0 Å². The Morgan fingerprint density at radius 1 is 1.43 bits per heavy atom. The number of fused-ring (bicyclic) bond motifs is 1. The van der Waals surface area contributed by atoms with E-state index in [9.17, 15) is 8.42 Å². The lowest BCUT2D eigenvalue weighted by Crippen LogP contribution is -2.46. The van der Waals surface area contributed by atoms with Crippen molar-refractivity contribution >= 4 is 9.84 Å². The number of ether oxygens (including phenoxy) is 2. The van der Waals surface area contributed by atoms with Crippen LogP contribution in [0.3, 0.4) is 0 Å².